The molecule has 1 saturated heterocycles. The SMILES string of the molecule is Oc1c(Br)ccc(Cl)c1[C@H]1CCN1. The van der Waals surface area contributed by atoms with Gasteiger partial charge in [0.15, 0.2) is 0 Å². The molecule has 0 amide bonds. The maximum Gasteiger partial charge on any atom is 0.136 e. The van der Waals surface area contributed by atoms with Gasteiger partial charge in [-0.05, 0) is 41.0 Å². The van der Waals surface area contributed by atoms with Crippen LogP contribution in [0.25, 0.3) is 0 Å². The van der Waals surface area contributed by atoms with Crippen molar-refractivity contribution in [1.29, 1.82) is 0 Å². The maximum absolute atomic E-state index is 9.74. The van der Waals surface area contributed by atoms with E-state index in [0.717, 1.165) is 18.5 Å². The fraction of sp³-hybridized carbons (Fsp3) is 0.333. The molecule has 1 atom stereocenters. The number of phenols is 1. The van der Waals surface area contributed by atoms with Crippen LogP contribution in [0.5, 0.6) is 5.75 Å². The van der Waals surface area contributed by atoms with Crippen molar-refractivity contribution in [3.8, 4) is 5.75 Å². The molecule has 0 aromatic heterocycles. The number of hydrogen-bond acceptors (Lipinski definition) is 2. The molecule has 0 unspecified atom stereocenters. The molecule has 0 spiro atoms. The highest BCUT2D eigenvalue weighted by molar-refractivity contribution is 9.10. The van der Waals surface area contributed by atoms with E-state index in [1.807, 2.05) is 0 Å². The molecule has 2 N–H and O–H groups in total. The van der Waals surface area contributed by atoms with E-state index in [-0.39, 0.29) is 11.8 Å². The van der Waals surface area contributed by atoms with E-state index in [2.05, 4.69) is 21.2 Å². The van der Waals surface area contributed by atoms with Gasteiger partial charge in [0.25, 0.3) is 0 Å². The minimum atomic E-state index is 0.213. The lowest BCUT2D eigenvalue weighted by molar-refractivity contribution is 0.364. The van der Waals surface area contributed by atoms with Gasteiger partial charge in [-0.1, -0.05) is 11.6 Å². The number of aromatic hydroxyl groups is 1. The monoisotopic (exact) mass is 261 g/mol. The molecule has 0 aliphatic carbocycles. The Morgan fingerprint density at radius 3 is 2.77 bits per heavy atom. The van der Waals surface area contributed by atoms with Crippen LogP contribution in [-0.2, 0) is 0 Å². The van der Waals surface area contributed by atoms with Crippen LogP contribution in [-0.4, -0.2) is 11.7 Å². The molecule has 1 heterocycles. The third kappa shape index (κ3) is 1.56. The van der Waals surface area contributed by atoms with Crippen LogP contribution in [0, 0.1) is 0 Å². The second-order valence-corrected chi connectivity index (χ2v) is 4.35. The van der Waals surface area contributed by atoms with Crippen LogP contribution >= 0.6 is 27.5 Å². The van der Waals surface area contributed by atoms with Crippen LogP contribution in [0.4, 0.5) is 0 Å². The van der Waals surface area contributed by atoms with E-state index < -0.39 is 0 Å². The van der Waals surface area contributed by atoms with Gasteiger partial charge < -0.3 is 10.4 Å². The van der Waals surface area contributed by atoms with Gasteiger partial charge in [0, 0.05) is 16.6 Å². The zero-order chi connectivity index (χ0) is 9.42. The molecule has 70 valence electrons. The summed E-state index contributed by atoms with van der Waals surface area (Å²) in [5.41, 5.74) is 0.808. The predicted octanol–water partition coefficient (Wildman–Crippen LogP) is 2.84. The lowest BCUT2D eigenvalue weighted by atomic mass is 9.97. The minimum Gasteiger partial charge on any atom is -0.506 e. The molecular weight excluding hydrogens is 253 g/mol. The first-order valence-corrected chi connectivity index (χ1v) is 5.27. The molecule has 2 rings (SSSR count). The lowest BCUT2D eigenvalue weighted by Gasteiger charge is -2.29. The van der Waals surface area contributed by atoms with Gasteiger partial charge in [0.1, 0.15) is 5.75 Å². The molecule has 1 fully saturated rings. The molecule has 0 saturated carbocycles. The summed E-state index contributed by atoms with van der Waals surface area (Å²) in [6, 6.07) is 3.76. The third-order valence-corrected chi connectivity index (χ3v) is 3.26. The Bertz CT molecular complexity index is 339. The van der Waals surface area contributed by atoms with Gasteiger partial charge in [-0.25, -0.2) is 0 Å². The third-order valence-electron chi connectivity index (χ3n) is 2.29. The zero-order valence-electron chi connectivity index (χ0n) is 6.85. The van der Waals surface area contributed by atoms with Crippen LogP contribution in [0.3, 0.4) is 0 Å². The van der Waals surface area contributed by atoms with Gasteiger partial charge in [0.05, 0.1) is 4.47 Å². The number of nitrogens with one attached hydrogen (secondary N) is 1. The average molecular weight is 263 g/mol. The Hall–Kier alpha value is -0.250. The molecule has 1 aliphatic rings. The number of phenolic OH excluding ortho intramolecular Hbond substituents is 1. The molecular formula is C9H9BrClNO. The number of hydrogen-bond donors (Lipinski definition) is 2. The molecule has 13 heavy (non-hydrogen) atoms. The van der Waals surface area contributed by atoms with Gasteiger partial charge in [-0.15, -0.1) is 0 Å². The molecule has 1 aromatic carbocycles. The smallest absolute Gasteiger partial charge is 0.136 e. The number of halogens is 2. The van der Waals surface area contributed by atoms with E-state index in [1.54, 1.807) is 12.1 Å². The van der Waals surface area contributed by atoms with E-state index in [1.165, 1.54) is 0 Å². The summed E-state index contributed by atoms with van der Waals surface area (Å²) in [6.07, 6.45) is 1.03. The molecule has 0 bridgehead atoms. The Morgan fingerprint density at radius 1 is 1.54 bits per heavy atom. The van der Waals surface area contributed by atoms with E-state index >= 15 is 0 Å². The molecule has 1 aliphatic heterocycles. The minimum absolute atomic E-state index is 0.213. The van der Waals surface area contributed by atoms with Crippen molar-refractivity contribution in [2.24, 2.45) is 0 Å². The predicted molar refractivity (Wildman–Crippen MR) is 56.2 cm³/mol. The summed E-state index contributed by atoms with van der Waals surface area (Å²) in [4.78, 5) is 0. The van der Waals surface area contributed by atoms with Crippen LogP contribution in [0.2, 0.25) is 5.02 Å². The normalized spacial score (nSPS) is 21.2. The largest absolute Gasteiger partial charge is 0.506 e. The second kappa shape index (κ2) is 3.48. The summed E-state index contributed by atoms with van der Waals surface area (Å²) in [5, 5.41) is 13.6. The van der Waals surface area contributed by atoms with E-state index in [0.29, 0.717) is 9.50 Å². The van der Waals surface area contributed by atoms with Crippen molar-refractivity contribution in [1.82, 2.24) is 5.32 Å². The fourth-order valence-corrected chi connectivity index (χ4v) is 2.05. The molecule has 2 nitrogen and oxygen atoms in total. The Labute approximate surface area is 90.0 Å². The Morgan fingerprint density at radius 2 is 2.23 bits per heavy atom. The lowest BCUT2D eigenvalue weighted by Crippen LogP contribution is -2.35. The van der Waals surface area contributed by atoms with Crippen molar-refractivity contribution in [2.45, 2.75) is 12.5 Å². The first-order valence-electron chi connectivity index (χ1n) is 4.10. The highest BCUT2D eigenvalue weighted by Crippen LogP contribution is 2.40. The number of benzene rings is 1. The summed E-state index contributed by atoms with van der Waals surface area (Å²) < 4.78 is 0.695. The second-order valence-electron chi connectivity index (χ2n) is 3.09. The highest BCUT2D eigenvalue weighted by atomic mass is 79.9. The zero-order valence-corrected chi connectivity index (χ0v) is 9.19. The van der Waals surface area contributed by atoms with Gasteiger partial charge in [-0.2, -0.15) is 0 Å². The van der Waals surface area contributed by atoms with E-state index in [4.69, 9.17) is 11.6 Å². The van der Waals surface area contributed by atoms with E-state index in [9.17, 15) is 5.11 Å². The van der Waals surface area contributed by atoms with Crippen molar-refractivity contribution in [2.75, 3.05) is 6.54 Å². The Balaban J connectivity index is 2.46. The maximum atomic E-state index is 9.74. The van der Waals surface area contributed by atoms with Crippen molar-refractivity contribution in [3.63, 3.8) is 0 Å². The van der Waals surface area contributed by atoms with Crippen LogP contribution < -0.4 is 5.32 Å². The van der Waals surface area contributed by atoms with Crippen molar-refractivity contribution < 1.29 is 5.11 Å². The summed E-state index contributed by atoms with van der Waals surface area (Å²) in [6.45, 7) is 0.993. The topological polar surface area (TPSA) is 32.3 Å². The van der Waals surface area contributed by atoms with Gasteiger partial charge in [0.2, 0.25) is 0 Å². The molecule has 4 heteroatoms. The van der Waals surface area contributed by atoms with Crippen molar-refractivity contribution >= 4 is 27.5 Å². The Kier molecular flexibility index (Phi) is 2.49. The summed E-state index contributed by atoms with van der Waals surface area (Å²) in [5.74, 6) is 0.254. The first kappa shape index (κ1) is 9.31. The summed E-state index contributed by atoms with van der Waals surface area (Å²) >= 11 is 9.25. The van der Waals surface area contributed by atoms with Gasteiger partial charge in [-0.3, -0.25) is 0 Å². The standard InChI is InChI=1S/C9H9BrClNO/c10-5-1-2-6(11)8(9(5)13)7-3-4-12-7/h1-2,7,12-13H,3-4H2/t7-/m1/s1. The quantitative estimate of drug-likeness (QED) is 0.816. The number of rotatable bonds is 1. The van der Waals surface area contributed by atoms with Crippen LogP contribution in [0.15, 0.2) is 16.6 Å². The molecule has 1 aromatic rings. The van der Waals surface area contributed by atoms with Crippen molar-refractivity contribution in [3.05, 3.63) is 27.2 Å². The average Bonchev–Trinajstić information content (AvgIpc) is 2.02. The first-order chi connectivity index (χ1) is 6.20. The highest BCUT2D eigenvalue weighted by Gasteiger charge is 2.24. The summed E-state index contributed by atoms with van der Waals surface area (Å²) in [7, 11) is 0. The molecule has 0 radical (unpaired) electrons. The van der Waals surface area contributed by atoms with Gasteiger partial charge >= 0.3 is 0 Å². The van der Waals surface area contributed by atoms with Crippen LogP contribution in [0.1, 0.15) is 18.0 Å². The fourth-order valence-electron chi connectivity index (χ4n) is 1.42.